The Bertz CT molecular complexity index is 341. The van der Waals surface area contributed by atoms with Gasteiger partial charge in [0.15, 0.2) is 11.7 Å². The number of allylic oxidation sites excluding steroid dienone is 4. The number of primary amides is 1. The standard InChI is InChI=1S/C10H12ClF2NO/c1-3-4-8(12)9(13)5-7(6(2)11)10(14)15/h4-5H,3H2,1-2H3,(H2,14,15)/b7-6-,8-4-,9-5+. The van der Waals surface area contributed by atoms with Crippen LogP contribution in [0.3, 0.4) is 0 Å². The summed E-state index contributed by atoms with van der Waals surface area (Å²) >= 11 is 5.49. The molecule has 0 aromatic carbocycles. The van der Waals surface area contributed by atoms with E-state index >= 15 is 0 Å². The Kier molecular flexibility index (Phi) is 5.86. The third-order valence-electron chi connectivity index (χ3n) is 1.52. The fraction of sp³-hybridized carbons (Fsp3) is 0.300. The van der Waals surface area contributed by atoms with Crippen molar-refractivity contribution in [3.8, 4) is 0 Å². The van der Waals surface area contributed by atoms with Crippen LogP contribution >= 0.6 is 11.6 Å². The van der Waals surface area contributed by atoms with Gasteiger partial charge in [0.1, 0.15) is 0 Å². The van der Waals surface area contributed by atoms with Crippen molar-refractivity contribution in [3.05, 3.63) is 34.4 Å². The summed E-state index contributed by atoms with van der Waals surface area (Å²) in [7, 11) is 0. The number of amides is 1. The quantitative estimate of drug-likeness (QED) is 0.591. The lowest BCUT2D eigenvalue weighted by atomic mass is 10.2. The van der Waals surface area contributed by atoms with Crippen molar-refractivity contribution >= 4 is 17.5 Å². The minimum atomic E-state index is -1.16. The molecule has 0 saturated carbocycles. The summed E-state index contributed by atoms with van der Waals surface area (Å²) in [4.78, 5) is 10.8. The van der Waals surface area contributed by atoms with Crippen LogP contribution in [-0.4, -0.2) is 5.91 Å². The average molecular weight is 236 g/mol. The smallest absolute Gasteiger partial charge is 0.249 e. The van der Waals surface area contributed by atoms with E-state index < -0.39 is 17.6 Å². The largest absolute Gasteiger partial charge is 0.366 e. The zero-order valence-corrected chi connectivity index (χ0v) is 9.24. The van der Waals surface area contributed by atoms with Gasteiger partial charge in [-0.2, -0.15) is 0 Å². The van der Waals surface area contributed by atoms with Crippen LogP contribution in [-0.2, 0) is 4.79 Å². The van der Waals surface area contributed by atoms with Crippen molar-refractivity contribution in [3.63, 3.8) is 0 Å². The Labute approximate surface area is 92.1 Å². The molecule has 0 aliphatic rings. The third-order valence-corrected chi connectivity index (χ3v) is 1.72. The van der Waals surface area contributed by atoms with Gasteiger partial charge in [0.05, 0.1) is 5.57 Å². The van der Waals surface area contributed by atoms with E-state index in [0.717, 1.165) is 6.08 Å². The van der Waals surface area contributed by atoms with Gasteiger partial charge in [-0.3, -0.25) is 4.79 Å². The zero-order valence-electron chi connectivity index (χ0n) is 8.48. The van der Waals surface area contributed by atoms with Gasteiger partial charge in [0, 0.05) is 5.03 Å². The predicted octanol–water partition coefficient (Wildman–Crippen LogP) is 3.10. The number of nitrogens with two attached hydrogens (primary N) is 1. The zero-order chi connectivity index (χ0) is 12.0. The molecule has 2 N–H and O–H groups in total. The van der Waals surface area contributed by atoms with Gasteiger partial charge in [0.25, 0.3) is 0 Å². The number of carbonyl (C=O) groups excluding carboxylic acids is 1. The minimum absolute atomic E-state index is 0.0157. The fourth-order valence-corrected chi connectivity index (χ4v) is 0.960. The number of carbonyl (C=O) groups is 1. The molecule has 1 amide bonds. The van der Waals surface area contributed by atoms with Crippen molar-refractivity contribution in [2.45, 2.75) is 20.3 Å². The van der Waals surface area contributed by atoms with Gasteiger partial charge in [-0.05, 0) is 25.5 Å². The molecular formula is C10H12ClF2NO. The van der Waals surface area contributed by atoms with E-state index in [0.29, 0.717) is 12.5 Å². The van der Waals surface area contributed by atoms with Gasteiger partial charge >= 0.3 is 0 Å². The van der Waals surface area contributed by atoms with E-state index in [9.17, 15) is 13.6 Å². The predicted molar refractivity (Wildman–Crippen MR) is 56.4 cm³/mol. The van der Waals surface area contributed by atoms with Crippen molar-refractivity contribution in [2.24, 2.45) is 5.73 Å². The van der Waals surface area contributed by atoms with E-state index in [1.165, 1.54) is 6.92 Å². The van der Waals surface area contributed by atoms with Crippen LogP contribution in [0.4, 0.5) is 8.78 Å². The number of rotatable bonds is 4. The highest BCUT2D eigenvalue weighted by molar-refractivity contribution is 6.31. The molecular weight excluding hydrogens is 224 g/mol. The lowest BCUT2D eigenvalue weighted by molar-refractivity contribution is -0.114. The van der Waals surface area contributed by atoms with E-state index in [1.807, 2.05) is 0 Å². The van der Waals surface area contributed by atoms with Gasteiger partial charge in [-0.25, -0.2) is 8.78 Å². The highest BCUT2D eigenvalue weighted by atomic mass is 35.5. The molecule has 0 radical (unpaired) electrons. The molecule has 2 nitrogen and oxygen atoms in total. The molecule has 0 rings (SSSR count). The maximum absolute atomic E-state index is 13.1. The Morgan fingerprint density at radius 3 is 2.27 bits per heavy atom. The molecule has 0 aromatic rings. The summed E-state index contributed by atoms with van der Waals surface area (Å²) in [6.45, 7) is 3.03. The SMILES string of the molecule is CC/C=C(F)/C(F)=C\C(C(N)=O)=C(/C)Cl. The highest BCUT2D eigenvalue weighted by Crippen LogP contribution is 2.19. The lowest BCUT2D eigenvalue weighted by Crippen LogP contribution is -2.13. The van der Waals surface area contributed by atoms with Crippen LogP contribution in [0.5, 0.6) is 0 Å². The van der Waals surface area contributed by atoms with Crippen LogP contribution in [0.15, 0.2) is 34.4 Å². The molecule has 0 aromatic heterocycles. The summed E-state index contributed by atoms with van der Waals surface area (Å²) in [5.74, 6) is -3.10. The topological polar surface area (TPSA) is 43.1 Å². The molecule has 0 spiro atoms. The van der Waals surface area contributed by atoms with Gasteiger partial charge in [0.2, 0.25) is 5.91 Å². The van der Waals surface area contributed by atoms with E-state index in [-0.39, 0.29) is 10.6 Å². The molecule has 0 unspecified atom stereocenters. The fourth-order valence-electron chi connectivity index (χ4n) is 0.813. The van der Waals surface area contributed by atoms with Crippen molar-refractivity contribution in [1.82, 2.24) is 0 Å². The molecule has 0 bridgehead atoms. The Morgan fingerprint density at radius 2 is 1.93 bits per heavy atom. The lowest BCUT2D eigenvalue weighted by Gasteiger charge is -1.98. The second-order valence-electron chi connectivity index (χ2n) is 2.76. The molecule has 0 heterocycles. The Balaban J connectivity index is 5.12. The Morgan fingerprint density at radius 1 is 1.40 bits per heavy atom. The molecule has 0 atom stereocenters. The van der Waals surface area contributed by atoms with Gasteiger partial charge < -0.3 is 5.73 Å². The van der Waals surface area contributed by atoms with E-state index in [2.05, 4.69) is 0 Å². The molecule has 15 heavy (non-hydrogen) atoms. The molecule has 0 fully saturated rings. The molecule has 5 heteroatoms. The van der Waals surface area contributed by atoms with Crippen LogP contribution < -0.4 is 5.73 Å². The van der Waals surface area contributed by atoms with Crippen LogP contribution in [0.1, 0.15) is 20.3 Å². The summed E-state index contributed by atoms with van der Waals surface area (Å²) in [5, 5.41) is 0.0157. The maximum Gasteiger partial charge on any atom is 0.249 e. The van der Waals surface area contributed by atoms with E-state index in [1.54, 1.807) is 6.92 Å². The summed E-state index contributed by atoms with van der Waals surface area (Å²) in [6.07, 6.45) is 2.09. The average Bonchev–Trinajstić information content (AvgIpc) is 2.12. The highest BCUT2D eigenvalue weighted by Gasteiger charge is 2.09. The number of hydrogen-bond acceptors (Lipinski definition) is 1. The first kappa shape index (κ1) is 13.8. The summed E-state index contributed by atoms with van der Waals surface area (Å²) in [6, 6.07) is 0. The summed E-state index contributed by atoms with van der Waals surface area (Å²) in [5.41, 5.74) is 4.68. The van der Waals surface area contributed by atoms with Crippen LogP contribution in [0.2, 0.25) is 0 Å². The first-order chi connectivity index (χ1) is 6.90. The number of hydrogen-bond donors (Lipinski definition) is 1. The van der Waals surface area contributed by atoms with Gasteiger partial charge in [-0.1, -0.05) is 18.5 Å². The third kappa shape index (κ3) is 4.74. The second kappa shape index (κ2) is 6.35. The van der Waals surface area contributed by atoms with Crippen LogP contribution in [0, 0.1) is 0 Å². The molecule has 0 aliphatic carbocycles. The van der Waals surface area contributed by atoms with Crippen LogP contribution in [0.25, 0.3) is 0 Å². The first-order valence-electron chi connectivity index (χ1n) is 4.29. The van der Waals surface area contributed by atoms with Crippen molar-refractivity contribution < 1.29 is 13.6 Å². The number of halogens is 3. The molecule has 0 saturated heterocycles. The Hall–Kier alpha value is -1.16. The van der Waals surface area contributed by atoms with E-state index in [4.69, 9.17) is 17.3 Å². The monoisotopic (exact) mass is 235 g/mol. The van der Waals surface area contributed by atoms with Gasteiger partial charge in [-0.15, -0.1) is 0 Å². The molecule has 84 valence electrons. The molecule has 0 aliphatic heterocycles. The normalized spacial score (nSPS) is 15.0. The first-order valence-corrected chi connectivity index (χ1v) is 4.67. The summed E-state index contributed by atoms with van der Waals surface area (Å²) < 4.78 is 26.0. The second-order valence-corrected chi connectivity index (χ2v) is 3.33. The minimum Gasteiger partial charge on any atom is -0.366 e. The maximum atomic E-state index is 13.1. The van der Waals surface area contributed by atoms with Crippen molar-refractivity contribution in [2.75, 3.05) is 0 Å². The van der Waals surface area contributed by atoms with Crippen molar-refractivity contribution in [1.29, 1.82) is 0 Å².